The van der Waals surface area contributed by atoms with Crippen LogP contribution >= 0.6 is 0 Å². The summed E-state index contributed by atoms with van der Waals surface area (Å²) in [4.78, 5) is 2.57. The molecule has 2 heterocycles. The summed E-state index contributed by atoms with van der Waals surface area (Å²) < 4.78 is 54.4. The Balaban J connectivity index is 2.21. The lowest BCUT2D eigenvalue weighted by molar-refractivity contribution is 0.410. The van der Waals surface area contributed by atoms with Crippen LogP contribution in [0.5, 0.6) is 0 Å². The summed E-state index contributed by atoms with van der Waals surface area (Å²) in [6.45, 7) is 5.84. The quantitative estimate of drug-likeness (QED) is 0.596. The number of rotatable bonds is 1. The number of pyridine rings is 1. The van der Waals surface area contributed by atoms with Crippen molar-refractivity contribution in [1.82, 2.24) is 4.98 Å². The highest BCUT2D eigenvalue weighted by molar-refractivity contribution is 5.83. The topological polar surface area (TPSA) is 24.9 Å². The van der Waals surface area contributed by atoms with Gasteiger partial charge in [-0.05, 0) is 44.0 Å². The number of hydrogen-bond acceptors (Lipinski definition) is 2. The van der Waals surface area contributed by atoms with Gasteiger partial charge in [0.1, 0.15) is 0 Å². The maximum atomic E-state index is 13.9. The molecule has 23 heavy (non-hydrogen) atoms. The molecule has 0 atom stereocenters. The van der Waals surface area contributed by atoms with E-state index >= 15 is 0 Å². The number of anilines is 1. The van der Waals surface area contributed by atoms with E-state index in [0.29, 0.717) is 0 Å². The summed E-state index contributed by atoms with van der Waals surface area (Å²) in [5.74, 6) is -6.34. The van der Waals surface area contributed by atoms with Crippen molar-refractivity contribution in [2.24, 2.45) is 0 Å². The fourth-order valence-corrected chi connectivity index (χ4v) is 2.88. The predicted molar refractivity (Wildman–Crippen MR) is 80.9 cm³/mol. The number of hydrogen-bond donors (Lipinski definition) is 1. The van der Waals surface area contributed by atoms with Crippen molar-refractivity contribution in [2.45, 2.75) is 26.3 Å². The molecular weight excluding hydrogens is 308 g/mol. The number of aromatic nitrogens is 1. The fraction of sp³-hybridized carbons (Fsp3) is 0.235. The summed E-state index contributed by atoms with van der Waals surface area (Å²) in [5, 5.41) is 3.27. The Bertz CT molecular complexity index is 815. The molecule has 1 aromatic carbocycles. The van der Waals surface area contributed by atoms with Crippen molar-refractivity contribution >= 4 is 11.3 Å². The molecule has 2 nitrogen and oxygen atoms in total. The second kappa shape index (κ2) is 5.08. The molecule has 2 aromatic rings. The van der Waals surface area contributed by atoms with E-state index in [1.165, 1.54) is 12.1 Å². The number of nitrogens with zero attached hydrogens (tertiary/aromatic N) is 1. The van der Waals surface area contributed by atoms with Crippen molar-refractivity contribution in [1.29, 1.82) is 0 Å². The molecule has 0 aliphatic carbocycles. The minimum atomic E-state index is -1.66. The van der Waals surface area contributed by atoms with E-state index in [2.05, 4.69) is 10.3 Å². The van der Waals surface area contributed by atoms with Crippen LogP contribution in [0.4, 0.5) is 23.2 Å². The molecule has 120 valence electrons. The van der Waals surface area contributed by atoms with E-state index in [4.69, 9.17) is 0 Å². The van der Waals surface area contributed by atoms with Crippen molar-refractivity contribution in [3.63, 3.8) is 0 Å². The number of fused-ring (bicyclic) bond motifs is 1. The molecule has 1 aliphatic rings. The number of allylic oxidation sites excluding steroid dienone is 1. The van der Waals surface area contributed by atoms with Crippen LogP contribution in [0.1, 0.15) is 26.3 Å². The van der Waals surface area contributed by atoms with Crippen LogP contribution in [-0.4, -0.2) is 10.5 Å². The molecule has 1 aromatic heterocycles. The van der Waals surface area contributed by atoms with Gasteiger partial charge >= 0.3 is 0 Å². The lowest BCUT2D eigenvalue weighted by Gasteiger charge is -2.31. The highest BCUT2D eigenvalue weighted by Crippen LogP contribution is 2.37. The van der Waals surface area contributed by atoms with Gasteiger partial charge in [-0.25, -0.2) is 8.78 Å². The van der Waals surface area contributed by atoms with E-state index in [0.717, 1.165) is 16.8 Å². The van der Waals surface area contributed by atoms with Gasteiger partial charge in [-0.1, -0.05) is 12.1 Å². The standard InChI is InChI=1S/C17H14F4N2/c1-8-7-17(2,3)23-11-5-4-9(6-10(8)11)12-13(18)15(20)22-16(21)14(12)19/h4-7,23H,1-3H3. The van der Waals surface area contributed by atoms with Crippen LogP contribution in [0.15, 0.2) is 24.3 Å². The Morgan fingerprint density at radius 1 is 1.00 bits per heavy atom. The molecule has 0 radical (unpaired) electrons. The molecule has 0 fully saturated rings. The minimum Gasteiger partial charge on any atom is -0.376 e. The molecular formula is C17H14F4N2. The van der Waals surface area contributed by atoms with Gasteiger partial charge in [0.15, 0.2) is 11.6 Å². The third-order valence-corrected chi connectivity index (χ3v) is 3.76. The Labute approximate surface area is 130 Å². The van der Waals surface area contributed by atoms with Crippen molar-refractivity contribution in [2.75, 3.05) is 5.32 Å². The molecule has 0 saturated heterocycles. The Hall–Kier alpha value is -2.37. The first-order chi connectivity index (χ1) is 10.7. The summed E-state index contributed by atoms with van der Waals surface area (Å²) >= 11 is 0. The molecule has 6 heteroatoms. The van der Waals surface area contributed by atoms with E-state index in [1.54, 1.807) is 6.07 Å². The third kappa shape index (κ3) is 2.58. The molecule has 1 N–H and O–H groups in total. The second-order valence-electron chi connectivity index (χ2n) is 6.13. The van der Waals surface area contributed by atoms with Crippen molar-refractivity contribution < 1.29 is 17.6 Å². The summed E-state index contributed by atoms with van der Waals surface area (Å²) in [7, 11) is 0. The largest absolute Gasteiger partial charge is 0.376 e. The monoisotopic (exact) mass is 322 g/mol. The van der Waals surface area contributed by atoms with E-state index < -0.39 is 29.1 Å². The van der Waals surface area contributed by atoms with Gasteiger partial charge in [-0.2, -0.15) is 13.8 Å². The smallest absolute Gasteiger partial charge is 0.252 e. The Morgan fingerprint density at radius 2 is 1.61 bits per heavy atom. The van der Waals surface area contributed by atoms with Gasteiger partial charge < -0.3 is 5.32 Å². The highest BCUT2D eigenvalue weighted by atomic mass is 19.2. The summed E-state index contributed by atoms with van der Waals surface area (Å²) in [5.41, 5.74) is 1.45. The predicted octanol–water partition coefficient (Wildman–Crippen LogP) is 4.91. The van der Waals surface area contributed by atoms with Crippen molar-refractivity contribution in [3.8, 4) is 11.1 Å². The molecule has 1 aliphatic heterocycles. The van der Waals surface area contributed by atoms with Gasteiger partial charge in [-0.15, -0.1) is 0 Å². The highest BCUT2D eigenvalue weighted by Gasteiger charge is 2.25. The summed E-state index contributed by atoms with van der Waals surface area (Å²) in [6, 6.07) is 4.56. The van der Waals surface area contributed by atoms with Crippen LogP contribution < -0.4 is 5.32 Å². The molecule has 0 unspecified atom stereocenters. The van der Waals surface area contributed by atoms with Crippen LogP contribution in [-0.2, 0) is 0 Å². The first-order valence-corrected chi connectivity index (χ1v) is 7.02. The van der Waals surface area contributed by atoms with Crippen LogP contribution in [0.3, 0.4) is 0 Å². The number of nitrogens with one attached hydrogen (secondary N) is 1. The van der Waals surface area contributed by atoms with Gasteiger partial charge in [0.05, 0.1) is 11.1 Å². The van der Waals surface area contributed by atoms with Crippen LogP contribution in [0.2, 0.25) is 0 Å². The second-order valence-corrected chi connectivity index (χ2v) is 6.13. The average molecular weight is 322 g/mol. The van der Waals surface area contributed by atoms with Gasteiger partial charge in [0.2, 0.25) is 0 Å². The van der Waals surface area contributed by atoms with Gasteiger partial charge in [-0.3, -0.25) is 0 Å². The lowest BCUT2D eigenvalue weighted by atomic mass is 9.89. The van der Waals surface area contributed by atoms with Crippen LogP contribution in [0, 0.1) is 23.5 Å². The first-order valence-electron chi connectivity index (χ1n) is 7.02. The van der Waals surface area contributed by atoms with Gasteiger partial charge in [0, 0.05) is 11.3 Å². The Morgan fingerprint density at radius 3 is 2.22 bits per heavy atom. The zero-order chi connectivity index (χ0) is 16.9. The summed E-state index contributed by atoms with van der Waals surface area (Å²) in [6.07, 6.45) is 1.97. The van der Waals surface area contributed by atoms with E-state index in [-0.39, 0.29) is 11.1 Å². The molecule has 0 bridgehead atoms. The third-order valence-electron chi connectivity index (χ3n) is 3.76. The maximum Gasteiger partial charge on any atom is 0.252 e. The van der Waals surface area contributed by atoms with Crippen LogP contribution in [0.25, 0.3) is 16.7 Å². The molecule has 3 rings (SSSR count). The Kier molecular flexibility index (Phi) is 3.43. The fourth-order valence-electron chi connectivity index (χ4n) is 2.88. The molecule has 0 saturated carbocycles. The molecule has 0 amide bonds. The number of halogens is 4. The van der Waals surface area contributed by atoms with Gasteiger partial charge in [0.25, 0.3) is 11.9 Å². The minimum absolute atomic E-state index is 0.0493. The van der Waals surface area contributed by atoms with Crippen molar-refractivity contribution in [3.05, 3.63) is 53.4 Å². The molecule has 0 spiro atoms. The number of benzene rings is 1. The zero-order valence-corrected chi connectivity index (χ0v) is 12.8. The van der Waals surface area contributed by atoms with E-state index in [9.17, 15) is 17.6 Å². The normalized spacial score (nSPS) is 15.7. The first kappa shape index (κ1) is 15.5. The SMILES string of the molecule is CC1=CC(C)(C)Nc2ccc(-c3c(F)c(F)nc(F)c3F)cc21. The average Bonchev–Trinajstić information content (AvgIpc) is 2.45. The van der Waals surface area contributed by atoms with E-state index in [1.807, 2.05) is 26.8 Å². The zero-order valence-electron chi connectivity index (χ0n) is 12.8. The lowest BCUT2D eigenvalue weighted by Crippen LogP contribution is -2.31. The maximum absolute atomic E-state index is 13.9.